The Hall–Kier alpha value is -1.20. The Morgan fingerprint density at radius 1 is 1.44 bits per heavy atom. The molecule has 5 heteroatoms. The topological polar surface area (TPSA) is 56.7 Å². The van der Waals surface area contributed by atoms with E-state index in [0.29, 0.717) is 12.5 Å². The van der Waals surface area contributed by atoms with Gasteiger partial charge in [-0.25, -0.2) is 4.68 Å². The highest BCUT2D eigenvalue weighted by molar-refractivity contribution is 7.09. The van der Waals surface area contributed by atoms with Crippen molar-refractivity contribution >= 4 is 11.3 Å². The van der Waals surface area contributed by atoms with Gasteiger partial charge in [-0.1, -0.05) is 25.1 Å². The van der Waals surface area contributed by atoms with E-state index in [-0.39, 0.29) is 0 Å². The molecule has 0 unspecified atom stereocenters. The van der Waals surface area contributed by atoms with Crippen molar-refractivity contribution in [3.8, 4) is 0 Å². The van der Waals surface area contributed by atoms with Gasteiger partial charge < -0.3 is 5.73 Å². The summed E-state index contributed by atoms with van der Waals surface area (Å²) in [6.07, 6.45) is 2.00. The first-order chi connectivity index (χ1) is 8.70. The molecule has 2 aromatic rings. The Balaban J connectivity index is 2.16. The Morgan fingerprint density at radius 2 is 2.28 bits per heavy atom. The van der Waals surface area contributed by atoms with Gasteiger partial charge >= 0.3 is 0 Å². The normalized spacial score (nSPS) is 11.3. The van der Waals surface area contributed by atoms with Crippen LogP contribution >= 0.6 is 11.3 Å². The van der Waals surface area contributed by atoms with Gasteiger partial charge in [-0.3, -0.25) is 0 Å². The number of hydrogen-bond acceptors (Lipinski definition) is 4. The predicted octanol–water partition coefficient (Wildman–Crippen LogP) is 2.44. The Morgan fingerprint density at radius 3 is 2.89 bits per heavy atom. The van der Waals surface area contributed by atoms with Crippen molar-refractivity contribution in [1.82, 2.24) is 15.0 Å². The molecule has 0 aliphatic carbocycles. The van der Waals surface area contributed by atoms with Gasteiger partial charge in [0.25, 0.3) is 0 Å². The van der Waals surface area contributed by atoms with E-state index in [9.17, 15) is 0 Å². The summed E-state index contributed by atoms with van der Waals surface area (Å²) in [6, 6.07) is 4.22. The van der Waals surface area contributed by atoms with Crippen LogP contribution in [0.4, 0.5) is 0 Å². The number of thiophene rings is 1. The highest BCUT2D eigenvalue weighted by Crippen LogP contribution is 2.17. The van der Waals surface area contributed by atoms with Crippen LogP contribution in [0.15, 0.2) is 17.5 Å². The molecule has 0 saturated carbocycles. The number of rotatable bonds is 6. The first-order valence-corrected chi connectivity index (χ1v) is 7.22. The first kappa shape index (κ1) is 13.2. The molecule has 0 bridgehead atoms. The van der Waals surface area contributed by atoms with Crippen molar-refractivity contribution in [1.29, 1.82) is 0 Å². The summed E-state index contributed by atoms with van der Waals surface area (Å²) >= 11 is 1.76. The van der Waals surface area contributed by atoms with Crippen LogP contribution in [0, 0.1) is 5.92 Å². The SMILES string of the molecule is CC(C)CCn1nnc(CN)c1Cc1cccs1. The van der Waals surface area contributed by atoms with E-state index in [1.165, 1.54) is 10.6 Å². The van der Waals surface area contributed by atoms with Gasteiger partial charge in [0.2, 0.25) is 0 Å². The van der Waals surface area contributed by atoms with Crippen LogP contribution in [0.1, 0.15) is 36.5 Å². The monoisotopic (exact) mass is 264 g/mol. The fourth-order valence-corrected chi connectivity index (χ4v) is 2.57. The molecule has 0 aromatic carbocycles. The van der Waals surface area contributed by atoms with E-state index in [0.717, 1.165) is 25.1 Å². The summed E-state index contributed by atoms with van der Waals surface area (Å²) in [5.41, 5.74) is 7.83. The number of nitrogens with two attached hydrogens (primary N) is 1. The third kappa shape index (κ3) is 3.17. The maximum absolute atomic E-state index is 5.74. The van der Waals surface area contributed by atoms with Crippen molar-refractivity contribution in [2.45, 2.75) is 39.8 Å². The second-order valence-corrected chi connectivity index (χ2v) is 5.88. The highest BCUT2D eigenvalue weighted by atomic mass is 32.1. The standard InChI is InChI=1S/C13H20N4S/c1-10(2)5-6-17-13(12(9-14)15-16-17)8-11-4-3-7-18-11/h3-4,7,10H,5-6,8-9,14H2,1-2H3. The van der Waals surface area contributed by atoms with Crippen LogP contribution < -0.4 is 5.73 Å². The average Bonchev–Trinajstić information content (AvgIpc) is 2.97. The van der Waals surface area contributed by atoms with Gasteiger partial charge in [-0.2, -0.15) is 0 Å². The van der Waals surface area contributed by atoms with Crippen molar-refractivity contribution in [2.75, 3.05) is 0 Å². The lowest BCUT2D eigenvalue weighted by atomic mass is 10.1. The van der Waals surface area contributed by atoms with Crippen molar-refractivity contribution in [3.63, 3.8) is 0 Å². The van der Waals surface area contributed by atoms with Gasteiger partial charge in [0.1, 0.15) is 0 Å². The zero-order valence-corrected chi connectivity index (χ0v) is 11.8. The van der Waals surface area contributed by atoms with Crippen LogP contribution in [0.2, 0.25) is 0 Å². The third-order valence-electron chi connectivity index (χ3n) is 2.95. The van der Waals surface area contributed by atoms with Crippen LogP contribution in [0.3, 0.4) is 0 Å². The zero-order valence-electron chi connectivity index (χ0n) is 11.0. The summed E-state index contributed by atoms with van der Waals surface area (Å²) in [5.74, 6) is 0.671. The molecular weight excluding hydrogens is 244 g/mol. The van der Waals surface area contributed by atoms with Gasteiger partial charge in [0.15, 0.2) is 0 Å². The molecule has 0 fully saturated rings. The molecule has 2 rings (SSSR count). The minimum absolute atomic E-state index is 0.461. The molecule has 0 aliphatic heterocycles. The summed E-state index contributed by atoms with van der Waals surface area (Å²) in [7, 11) is 0. The van der Waals surface area contributed by atoms with E-state index in [1.54, 1.807) is 11.3 Å². The van der Waals surface area contributed by atoms with Crippen LogP contribution in [0.25, 0.3) is 0 Å². The molecule has 0 radical (unpaired) electrons. The zero-order chi connectivity index (χ0) is 13.0. The smallest absolute Gasteiger partial charge is 0.0998 e. The van der Waals surface area contributed by atoms with Crippen LogP contribution in [0.5, 0.6) is 0 Å². The number of aromatic nitrogens is 3. The van der Waals surface area contributed by atoms with Gasteiger partial charge in [-0.05, 0) is 23.8 Å². The fourth-order valence-electron chi connectivity index (χ4n) is 1.86. The molecular formula is C13H20N4S. The van der Waals surface area contributed by atoms with Crippen LogP contribution in [-0.4, -0.2) is 15.0 Å². The van der Waals surface area contributed by atoms with E-state index in [4.69, 9.17) is 5.73 Å². The minimum atomic E-state index is 0.461. The van der Waals surface area contributed by atoms with Crippen molar-refractivity contribution in [3.05, 3.63) is 33.8 Å². The Labute approximate surface area is 112 Å². The van der Waals surface area contributed by atoms with E-state index < -0.39 is 0 Å². The lowest BCUT2D eigenvalue weighted by molar-refractivity contribution is 0.469. The van der Waals surface area contributed by atoms with E-state index >= 15 is 0 Å². The molecule has 4 nitrogen and oxygen atoms in total. The lowest BCUT2D eigenvalue weighted by Crippen LogP contribution is -2.09. The van der Waals surface area contributed by atoms with Crippen LogP contribution in [-0.2, 0) is 19.5 Å². The third-order valence-corrected chi connectivity index (χ3v) is 3.83. The summed E-state index contributed by atoms with van der Waals surface area (Å²) in [4.78, 5) is 1.33. The molecule has 0 aliphatic rings. The molecule has 2 N–H and O–H groups in total. The second-order valence-electron chi connectivity index (χ2n) is 4.85. The summed E-state index contributed by atoms with van der Waals surface area (Å²) in [5, 5.41) is 10.5. The number of aryl methyl sites for hydroxylation is 1. The number of hydrogen-bond donors (Lipinski definition) is 1. The average molecular weight is 264 g/mol. The summed E-state index contributed by atoms with van der Waals surface area (Å²) in [6.45, 7) is 5.83. The largest absolute Gasteiger partial charge is 0.325 e. The van der Waals surface area contributed by atoms with E-state index in [2.05, 4.69) is 41.7 Å². The van der Waals surface area contributed by atoms with Crippen molar-refractivity contribution in [2.24, 2.45) is 11.7 Å². The van der Waals surface area contributed by atoms with Gasteiger partial charge in [0.05, 0.1) is 11.4 Å². The second kappa shape index (κ2) is 6.11. The molecule has 0 amide bonds. The van der Waals surface area contributed by atoms with Crippen molar-refractivity contribution < 1.29 is 0 Å². The minimum Gasteiger partial charge on any atom is -0.325 e. The molecule has 2 aromatic heterocycles. The van der Waals surface area contributed by atoms with Gasteiger partial charge in [0, 0.05) is 24.4 Å². The Kier molecular flexibility index (Phi) is 4.49. The molecule has 2 heterocycles. The first-order valence-electron chi connectivity index (χ1n) is 6.34. The van der Waals surface area contributed by atoms with E-state index in [1.807, 2.05) is 4.68 Å². The predicted molar refractivity (Wildman–Crippen MR) is 74.5 cm³/mol. The summed E-state index contributed by atoms with van der Waals surface area (Å²) < 4.78 is 2.02. The molecule has 18 heavy (non-hydrogen) atoms. The molecule has 0 atom stereocenters. The maximum atomic E-state index is 5.74. The molecule has 0 saturated heterocycles. The molecule has 0 spiro atoms. The lowest BCUT2D eigenvalue weighted by Gasteiger charge is -2.08. The van der Waals surface area contributed by atoms with Gasteiger partial charge in [-0.15, -0.1) is 16.4 Å². The maximum Gasteiger partial charge on any atom is 0.0998 e. The number of nitrogens with zero attached hydrogens (tertiary/aromatic N) is 3. The molecule has 98 valence electrons. The fraction of sp³-hybridized carbons (Fsp3) is 0.538. The Bertz CT molecular complexity index is 473. The highest BCUT2D eigenvalue weighted by Gasteiger charge is 2.13. The quantitative estimate of drug-likeness (QED) is 0.872.